The Kier molecular flexibility index (Phi) is 4.53. The number of hydrogen-bond donors (Lipinski definition) is 1. The van der Waals surface area contributed by atoms with Gasteiger partial charge in [0.2, 0.25) is 0 Å². The van der Waals surface area contributed by atoms with Crippen LogP contribution >= 0.6 is 43.2 Å². The van der Waals surface area contributed by atoms with E-state index in [1.165, 1.54) is 29.5 Å². The fraction of sp³-hybridized carbons (Fsp3) is 0.167. The van der Waals surface area contributed by atoms with Crippen LogP contribution in [-0.2, 0) is 0 Å². The van der Waals surface area contributed by atoms with Crippen LogP contribution in [0.1, 0.15) is 16.5 Å². The number of halogens is 4. The molecule has 2 aromatic rings. The van der Waals surface area contributed by atoms with Crippen molar-refractivity contribution in [2.75, 3.05) is 7.05 Å². The smallest absolute Gasteiger partial charge is 0.131 e. The summed E-state index contributed by atoms with van der Waals surface area (Å²) in [6.07, 6.45) is 0. The number of thiophene rings is 1. The maximum Gasteiger partial charge on any atom is 0.131 e. The van der Waals surface area contributed by atoms with Crippen LogP contribution < -0.4 is 5.32 Å². The highest BCUT2D eigenvalue weighted by atomic mass is 79.9. The SMILES string of the molecule is CNC(c1cc(Br)c(Br)s1)c1c(F)cccc1F. The molecule has 6 heteroatoms. The molecule has 96 valence electrons. The van der Waals surface area contributed by atoms with Crippen molar-refractivity contribution >= 4 is 43.2 Å². The molecule has 1 unspecified atom stereocenters. The maximum atomic E-state index is 13.8. The predicted molar refractivity (Wildman–Crippen MR) is 77.0 cm³/mol. The average Bonchev–Trinajstić information content (AvgIpc) is 2.64. The average molecular weight is 397 g/mol. The minimum absolute atomic E-state index is 0.0428. The molecule has 1 N–H and O–H groups in total. The molecule has 1 nitrogen and oxygen atoms in total. The summed E-state index contributed by atoms with van der Waals surface area (Å²) in [5, 5.41) is 2.95. The van der Waals surface area contributed by atoms with Gasteiger partial charge in [-0.1, -0.05) is 6.07 Å². The van der Waals surface area contributed by atoms with Crippen LogP contribution in [-0.4, -0.2) is 7.05 Å². The molecule has 0 spiro atoms. The fourth-order valence-electron chi connectivity index (χ4n) is 1.72. The van der Waals surface area contributed by atoms with Crippen LogP contribution in [0.2, 0.25) is 0 Å². The lowest BCUT2D eigenvalue weighted by Crippen LogP contribution is -2.19. The third-order valence-corrected chi connectivity index (χ3v) is 5.85. The molecule has 1 aromatic heterocycles. The van der Waals surface area contributed by atoms with Gasteiger partial charge in [0.1, 0.15) is 11.6 Å². The van der Waals surface area contributed by atoms with Crippen molar-refractivity contribution in [3.8, 4) is 0 Å². The van der Waals surface area contributed by atoms with Gasteiger partial charge in [-0.3, -0.25) is 0 Å². The summed E-state index contributed by atoms with van der Waals surface area (Å²) in [5.41, 5.74) is 0.0428. The number of rotatable bonds is 3. The summed E-state index contributed by atoms with van der Waals surface area (Å²) >= 11 is 8.18. The first-order valence-electron chi connectivity index (χ1n) is 5.10. The van der Waals surface area contributed by atoms with Gasteiger partial charge in [0.25, 0.3) is 0 Å². The van der Waals surface area contributed by atoms with E-state index in [0.29, 0.717) is 0 Å². The Labute approximate surface area is 124 Å². The molecule has 1 atom stereocenters. The van der Waals surface area contributed by atoms with E-state index >= 15 is 0 Å². The number of nitrogens with one attached hydrogen (secondary N) is 1. The third kappa shape index (κ3) is 2.66. The zero-order valence-electron chi connectivity index (χ0n) is 9.31. The summed E-state index contributed by atoms with van der Waals surface area (Å²) in [6, 6.07) is 5.24. The van der Waals surface area contributed by atoms with E-state index in [2.05, 4.69) is 37.2 Å². The van der Waals surface area contributed by atoms with Crippen molar-refractivity contribution in [3.63, 3.8) is 0 Å². The van der Waals surface area contributed by atoms with Gasteiger partial charge in [-0.05, 0) is 57.1 Å². The van der Waals surface area contributed by atoms with Crippen molar-refractivity contribution in [1.82, 2.24) is 5.32 Å². The molecule has 0 aliphatic heterocycles. The Morgan fingerprint density at radius 3 is 2.28 bits per heavy atom. The Bertz CT molecular complexity index is 531. The van der Waals surface area contributed by atoms with Crippen molar-refractivity contribution < 1.29 is 8.78 Å². The summed E-state index contributed by atoms with van der Waals surface area (Å²) in [7, 11) is 1.68. The molecule has 0 aliphatic rings. The first-order valence-corrected chi connectivity index (χ1v) is 7.50. The van der Waals surface area contributed by atoms with Gasteiger partial charge >= 0.3 is 0 Å². The molecule has 0 saturated heterocycles. The molecule has 0 bridgehead atoms. The molecular weight excluding hydrogens is 388 g/mol. The Hall–Kier alpha value is -0.300. The van der Waals surface area contributed by atoms with Crippen LogP contribution in [0.4, 0.5) is 8.78 Å². The maximum absolute atomic E-state index is 13.8. The zero-order valence-corrected chi connectivity index (χ0v) is 13.3. The van der Waals surface area contributed by atoms with Crippen LogP contribution in [0.3, 0.4) is 0 Å². The minimum Gasteiger partial charge on any atom is -0.308 e. The van der Waals surface area contributed by atoms with E-state index in [1.807, 2.05) is 6.07 Å². The van der Waals surface area contributed by atoms with E-state index in [1.54, 1.807) is 7.05 Å². The van der Waals surface area contributed by atoms with Gasteiger partial charge in [-0.2, -0.15) is 0 Å². The topological polar surface area (TPSA) is 12.0 Å². The Balaban J connectivity index is 2.52. The van der Waals surface area contributed by atoms with Crippen LogP contribution in [0, 0.1) is 11.6 Å². The third-order valence-electron chi connectivity index (χ3n) is 2.53. The second-order valence-electron chi connectivity index (χ2n) is 3.63. The molecule has 0 saturated carbocycles. The molecule has 1 aromatic carbocycles. The van der Waals surface area contributed by atoms with Crippen LogP contribution in [0.25, 0.3) is 0 Å². The second kappa shape index (κ2) is 5.77. The van der Waals surface area contributed by atoms with E-state index in [0.717, 1.165) is 13.1 Å². The van der Waals surface area contributed by atoms with Gasteiger partial charge in [-0.15, -0.1) is 11.3 Å². The first kappa shape index (κ1) is 14.1. The number of hydrogen-bond acceptors (Lipinski definition) is 2. The van der Waals surface area contributed by atoms with Gasteiger partial charge in [-0.25, -0.2) is 8.78 Å². The predicted octanol–water partition coefficient (Wildman–Crippen LogP) is 4.86. The van der Waals surface area contributed by atoms with Crippen molar-refractivity contribution in [2.24, 2.45) is 0 Å². The molecule has 0 amide bonds. The molecule has 18 heavy (non-hydrogen) atoms. The quantitative estimate of drug-likeness (QED) is 0.781. The molecular formula is C12H9Br2F2NS. The Morgan fingerprint density at radius 2 is 1.83 bits per heavy atom. The highest BCUT2D eigenvalue weighted by Gasteiger charge is 2.22. The lowest BCUT2D eigenvalue weighted by molar-refractivity contribution is 0.524. The monoisotopic (exact) mass is 395 g/mol. The second-order valence-corrected chi connectivity index (χ2v) is 6.88. The minimum atomic E-state index is -0.546. The van der Waals surface area contributed by atoms with Crippen LogP contribution in [0.15, 0.2) is 32.5 Å². The van der Waals surface area contributed by atoms with E-state index < -0.39 is 17.7 Å². The molecule has 0 fully saturated rings. The van der Waals surface area contributed by atoms with Crippen molar-refractivity contribution in [1.29, 1.82) is 0 Å². The summed E-state index contributed by atoms with van der Waals surface area (Å²) in [6.45, 7) is 0. The highest BCUT2D eigenvalue weighted by molar-refractivity contribution is 9.13. The van der Waals surface area contributed by atoms with Crippen molar-refractivity contribution in [3.05, 3.63) is 54.6 Å². The lowest BCUT2D eigenvalue weighted by atomic mass is 10.0. The van der Waals surface area contributed by atoms with Gasteiger partial charge < -0.3 is 5.32 Å². The molecule has 1 heterocycles. The largest absolute Gasteiger partial charge is 0.308 e. The Morgan fingerprint density at radius 1 is 1.22 bits per heavy atom. The van der Waals surface area contributed by atoms with Gasteiger partial charge in [0, 0.05) is 14.9 Å². The van der Waals surface area contributed by atoms with Crippen molar-refractivity contribution in [2.45, 2.75) is 6.04 Å². The van der Waals surface area contributed by atoms with Gasteiger partial charge in [0.05, 0.1) is 9.83 Å². The van der Waals surface area contributed by atoms with Gasteiger partial charge in [0.15, 0.2) is 0 Å². The normalized spacial score (nSPS) is 12.7. The zero-order chi connectivity index (χ0) is 13.3. The standard InChI is InChI=1S/C12H9Br2F2NS/c1-17-11(9-5-6(13)12(14)18-9)10-7(15)3-2-4-8(10)16/h2-5,11,17H,1H3. The first-order chi connectivity index (χ1) is 8.54. The van der Waals surface area contributed by atoms with E-state index in [-0.39, 0.29) is 5.56 Å². The highest BCUT2D eigenvalue weighted by Crippen LogP contribution is 2.38. The molecule has 0 radical (unpaired) electrons. The van der Waals surface area contributed by atoms with Crippen LogP contribution in [0.5, 0.6) is 0 Å². The molecule has 2 rings (SSSR count). The summed E-state index contributed by atoms with van der Waals surface area (Å²) in [5.74, 6) is -1.09. The number of benzene rings is 1. The lowest BCUT2D eigenvalue weighted by Gasteiger charge is -2.16. The van der Waals surface area contributed by atoms with E-state index in [4.69, 9.17) is 0 Å². The van der Waals surface area contributed by atoms with E-state index in [9.17, 15) is 8.78 Å². The summed E-state index contributed by atoms with van der Waals surface area (Å²) in [4.78, 5) is 0.834. The molecule has 0 aliphatic carbocycles. The summed E-state index contributed by atoms with van der Waals surface area (Å²) < 4.78 is 29.3. The fourth-order valence-corrected chi connectivity index (χ4v) is 3.93.